The summed E-state index contributed by atoms with van der Waals surface area (Å²) in [7, 11) is 0. The molecule has 1 fully saturated rings. The molecule has 1 aliphatic rings. The van der Waals surface area contributed by atoms with E-state index in [0.29, 0.717) is 35.1 Å². The summed E-state index contributed by atoms with van der Waals surface area (Å²) in [5.41, 5.74) is 3.41. The molecule has 0 atom stereocenters. The van der Waals surface area contributed by atoms with Crippen LogP contribution in [0.2, 0.25) is 0 Å². The molecule has 3 aromatic carbocycles. The standard InChI is InChI=1S/C28H24BrN3O4/c29-22-8-10-26-24(19-22)31-28(36-26)21-7-9-25(35-17-14-32-12-15-34-16-13-32)23(18-21)30-27(33)11-6-20-4-2-1-3-5-20/h1-5,7-10,18-19H,12-17H2,(H,30,33). The van der Waals surface area contributed by atoms with E-state index in [1.165, 1.54) is 0 Å². The second-order valence-electron chi connectivity index (χ2n) is 8.21. The molecule has 1 saturated heterocycles. The number of rotatable bonds is 6. The van der Waals surface area contributed by atoms with E-state index >= 15 is 0 Å². The van der Waals surface area contributed by atoms with Gasteiger partial charge < -0.3 is 19.2 Å². The van der Waals surface area contributed by atoms with Crippen LogP contribution in [0.1, 0.15) is 5.56 Å². The zero-order valence-corrected chi connectivity index (χ0v) is 21.1. The third-order valence-electron chi connectivity index (χ3n) is 5.69. The fourth-order valence-corrected chi connectivity index (χ4v) is 4.17. The number of nitrogens with zero attached hydrogens (tertiary/aromatic N) is 2. The Labute approximate surface area is 217 Å². The molecule has 1 N–H and O–H groups in total. The fourth-order valence-electron chi connectivity index (χ4n) is 3.82. The molecule has 0 spiro atoms. The molecule has 7 nitrogen and oxygen atoms in total. The molecule has 1 aliphatic heterocycles. The van der Waals surface area contributed by atoms with Crippen molar-refractivity contribution in [1.29, 1.82) is 0 Å². The summed E-state index contributed by atoms with van der Waals surface area (Å²) in [5, 5.41) is 2.87. The first-order valence-electron chi connectivity index (χ1n) is 11.7. The van der Waals surface area contributed by atoms with Gasteiger partial charge in [0.25, 0.3) is 0 Å². The van der Waals surface area contributed by atoms with Gasteiger partial charge in [-0.15, -0.1) is 0 Å². The maximum Gasteiger partial charge on any atom is 0.300 e. The Kier molecular flexibility index (Phi) is 7.62. The number of halogens is 1. The topological polar surface area (TPSA) is 76.8 Å². The number of benzene rings is 3. The Morgan fingerprint density at radius 1 is 1.08 bits per heavy atom. The van der Waals surface area contributed by atoms with Crippen LogP contribution in [0.15, 0.2) is 75.6 Å². The minimum absolute atomic E-state index is 0.435. The van der Waals surface area contributed by atoms with E-state index in [1.807, 2.05) is 60.7 Å². The van der Waals surface area contributed by atoms with Crippen molar-refractivity contribution in [2.75, 3.05) is 44.8 Å². The van der Waals surface area contributed by atoms with Crippen LogP contribution in [0.4, 0.5) is 5.69 Å². The molecular formula is C28H24BrN3O4. The lowest BCUT2D eigenvalue weighted by molar-refractivity contribution is -0.111. The second kappa shape index (κ2) is 11.4. The number of nitrogens with one attached hydrogen (secondary N) is 1. The Hall–Kier alpha value is -3.64. The van der Waals surface area contributed by atoms with Gasteiger partial charge in [-0.25, -0.2) is 4.98 Å². The molecule has 0 unspecified atom stereocenters. The summed E-state index contributed by atoms with van der Waals surface area (Å²) in [5.74, 6) is 6.10. The minimum Gasteiger partial charge on any atom is -0.490 e. The number of oxazole rings is 1. The van der Waals surface area contributed by atoms with Crippen LogP contribution < -0.4 is 10.1 Å². The molecule has 1 amide bonds. The smallest absolute Gasteiger partial charge is 0.300 e. The lowest BCUT2D eigenvalue weighted by Crippen LogP contribution is -2.38. The second-order valence-corrected chi connectivity index (χ2v) is 9.13. The lowest BCUT2D eigenvalue weighted by atomic mass is 10.1. The van der Waals surface area contributed by atoms with E-state index in [0.717, 1.165) is 48.4 Å². The maximum atomic E-state index is 12.7. The zero-order valence-electron chi connectivity index (χ0n) is 19.5. The third kappa shape index (κ3) is 6.13. The highest BCUT2D eigenvalue weighted by Gasteiger charge is 2.15. The summed E-state index contributed by atoms with van der Waals surface area (Å²) in [6.07, 6.45) is 0. The molecule has 5 rings (SSSR count). The van der Waals surface area contributed by atoms with E-state index in [-0.39, 0.29) is 0 Å². The summed E-state index contributed by atoms with van der Waals surface area (Å²) in [4.78, 5) is 19.6. The highest BCUT2D eigenvalue weighted by atomic mass is 79.9. The molecular weight excluding hydrogens is 522 g/mol. The number of aromatic nitrogens is 1. The molecule has 0 saturated carbocycles. The lowest BCUT2D eigenvalue weighted by Gasteiger charge is -2.26. The van der Waals surface area contributed by atoms with Gasteiger partial charge in [-0.3, -0.25) is 9.69 Å². The molecule has 8 heteroatoms. The highest BCUT2D eigenvalue weighted by molar-refractivity contribution is 9.10. The van der Waals surface area contributed by atoms with Gasteiger partial charge >= 0.3 is 5.91 Å². The minimum atomic E-state index is -0.435. The highest BCUT2D eigenvalue weighted by Crippen LogP contribution is 2.32. The largest absolute Gasteiger partial charge is 0.490 e. The van der Waals surface area contributed by atoms with Crippen LogP contribution in [0.5, 0.6) is 5.75 Å². The van der Waals surface area contributed by atoms with Crippen LogP contribution in [-0.2, 0) is 9.53 Å². The number of ether oxygens (including phenoxy) is 2. The van der Waals surface area contributed by atoms with Gasteiger partial charge in [-0.2, -0.15) is 0 Å². The Bertz CT molecular complexity index is 1420. The Morgan fingerprint density at radius 2 is 1.92 bits per heavy atom. The van der Waals surface area contributed by atoms with Crippen molar-refractivity contribution >= 4 is 38.6 Å². The molecule has 0 bridgehead atoms. The van der Waals surface area contributed by atoms with Gasteiger partial charge in [0.1, 0.15) is 17.9 Å². The van der Waals surface area contributed by atoms with Gasteiger partial charge in [0.05, 0.1) is 18.9 Å². The number of hydrogen-bond acceptors (Lipinski definition) is 6. The summed E-state index contributed by atoms with van der Waals surface area (Å²) in [6, 6.07) is 20.5. The number of carbonyl (C=O) groups excluding carboxylic acids is 1. The number of anilines is 1. The van der Waals surface area contributed by atoms with Crippen LogP contribution in [-0.4, -0.2) is 55.2 Å². The van der Waals surface area contributed by atoms with Gasteiger partial charge in [-0.1, -0.05) is 40.0 Å². The molecule has 0 aliphatic carbocycles. The molecule has 4 aromatic rings. The first-order valence-corrected chi connectivity index (χ1v) is 12.4. The average molecular weight is 546 g/mol. The van der Waals surface area contributed by atoms with Gasteiger partial charge in [0.2, 0.25) is 5.89 Å². The summed E-state index contributed by atoms with van der Waals surface area (Å²) < 4.78 is 18.3. The Morgan fingerprint density at radius 3 is 2.75 bits per heavy atom. The van der Waals surface area contributed by atoms with Crippen molar-refractivity contribution in [3.63, 3.8) is 0 Å². The quantitative estimate of drug-likeness (QED) is 0.345. The zero-order chi connectivity index (χ0) is 24.7. The summed E-state index contributed by atoms with van der Waals surface area (Å²) in [6.45, 7) is 4.49. The van der Waals surface area contributed by atoms with Crippen molar-refractivity contribution in [3.05, 3.63) is 76.8 Å². The average Bonchev–Trinajstić information content (AvgIpc) is 3.33. The molecule has 2 heterocycles. The molecule has 1 aromatic heterocycles. The third-order valence-corrected chi connectivity index (χ3v) is 6.18. The fraction of sp³-hybridized carbons (Fsp3) is 0.214. The number of morpholine rings is 1. The molecule has 182 valence electrons. The van der Waals surface area contributed by atoms with Crippen LogP contribution in [0.25, 0.3) is 22.6 Å². The predicted molar refractivity (Wildman–Crippen MR) is 142 cm³/mol. The van der Waals surface area contributed by atoms with Crippen molar-refractivity contribution in [2.45, 2.75) is 0 Å². The number of carbonyl (C=O) groups is 1. The first-order chi connectivity index (χ1) is 17.6. The predicted octanol–water partition coefficient (Wildman–Crippen LogP) is 4.96. The Balaban J connectivity index is 1.38. The van der Waals surface area contributed by atoms with Gasteiger partial charge in [0.15, 0.2) is 5.58 Å². The molecule has 36 heavy (non-hydrogen) atoms. The number of fused-ring (bicyclic) bond motifs is 1. The van der Waals surface area contributed by atoms with E-state index < -0.39 is 5.91 Å². The van der Waals surface area contributed by atoms with Crippen molar-refractivity contribution in [2.24, 2.45) is 0 Å². The normalized spacial score (nSPS) is 13.7. The van der Waals surface area contributed by atoms with Crippen LogP contribution in [0, 0.1) is 11.8 Å². The van der Waals surface area contributed by atoms with E-state index in [4.69, 9.17) is 13.9 Å². The van der Waals surface area contributed by atoms with Crippen LogP contribution >= 0.6 is 15.9 Å². The van der Waals surface area contributed by atoms with Crippen molar-refractivity contribution < 1.29 is 18.7 Å². The van der Waals surface area contributed by atoms with Gasteiger partial charge in [-0.05, 0) is 48.5 Å². The van der Waals surface area contributed by atoms with Crippen molar-refractivity contribution in [3.8, 4) is 29.0 Å². The first kappa shape index (κ1) is 24.1. The monoisotopic (exact) mass is 545 g/mol. The number of hydrogen-bond donors (Lipinski definition) is 1. The summed E-state index contributed by atoms with van der Waals surface area (Å²) >= 11 is 3.46. The van der Waals surface area contributed by atoms with Gasteiger partial charge in [0, 0.05) is 41.2 Å². The SMILES string of the molecule is O=C(C#Cc1ccccc1)Nc1cc(-c2nc3cc(Br)ccc3o2)ccc1OCCN1CCOCC1. The van der Waals surface area contributed by atoms with Crippen molar-refractivity contribution in [1.82, 2.24) is 9.88 Å². The van der Waals surface area contributed by atoms with E-state index in [2.05, 4.69) is 43.0 Å². The number of amides is 1. The van der Waals surface area contributed by atoms with Crippen LogP contribution in [0.3, 0.4) is 0 Å². The van der Waals surface area contributed by atoms with E-state index in [1.54, 1.807) is 6.07 Å². The van der Waals surface area contributed by atoms with E-state index in [9.17, 15) is 4.79 Å². The molecule has 0 radical (unpaired) electrons. The maximum absolute atomic E-state index is 12.7.